The molecule has 0 spiro atoms. The van der Waals surface area contributed by atoms with E-state index in [1.165, 1.54) is 37.7 Å². The van der Waals surface area contributed by atoms with Gasteiger partial charge in [0.1, 0.15) is 0 Å². The number of aryl methyl sites for hydroxylation is 1. The van der Waals surface area contributed by atoms with Gasteiger partial charge in [0, 0.05) is 25.4 Å². The molecule has 1 saturated carbocycles. The van der Waals surface area contributed by atoms with Crippen LogP contribution in [0.4, 0.5) is 0 Å². The largest absolute Gasteiger partial charge is 0.356 e. The van der Waals surface area contributed by atoms with E-state index in [1.807, 2.05) is 12.1 Å². The van der Waals surface area contributed by atoms with Crippen LogP contribution < -0.4 is 5.32 Å². The summed E-state index contributed by atoms with van der Waals surface area (Å²) in [6, 6.07) is 3.94. The summed E-state index contributed by atoms with van der Waals surface area (Å²) in [5.41, 5.74) is 1.18. The van der Waals surface area contributed by atoms with E-state index in [4.69, 9.17) is 0 Å². The van der Waals surface area contributed by atoms with E-state index in [2.05, 4.69) is 17.2 Å². The van der Waals surface area contributed by atoms with Crippen molar-refractivity contribution in [3.63, 3.8) is 0 Å². The summed E-state index contributed by atoms with van der Waals surface area (Å²) >= 11 is 0. The lowest BCUT2D eigenvalue weighted by Gasteiger charge is -2.27. The highest BCUT2D eigenvalue weighted by Gasteiger charge is 2.20. The molecular weight excluding hydrogens is 248 g/mol. The van der Waals surface area contributed by atoms with Gasteiger partial charge in [-0.3, -0.25) is 9.78 Å². The third kappa shape index (κ3) is 4.95. The molecule has 0 aliphatic heterocycles. The predicted molar refractivity (Wildman–Crippen MR) is 81.3 cm³/mol. The number of hydrogen-bond acceptors (Lipinski definition) is 2. The monoisotopic (exact) mass is 274 g/mol. The van der Waals surface area contributed by atoms with Crippen molar-refractivity contribution in [2.45, 2.75) is 51.9 Å². The SMILES string of the molecule is CCC1CCC(CNC(=O)CCc2ccncc2)CC1. The van der Waals surface area contributed by atoms with Crippen LogP contribution in [0.5, 0.6) is 0 Å². The van der Waals surface area contributed by atoms with Gasteiger partial charge >= 0.3 is 0 Å². The van der Waals surface area contributed by atoms with Crippen LogP contribution >= 0.6 is 0 Å². The molecule has 1 aromatic heterocycles. The fourth-order valence-corrected chi connectivity index (χ4v) is 3.00. The molecular formula is C17H26N2O. The van der Waals surface area contributed by atoms with E-state index in [0.717, 1.165) is 18.9 Å². The van der Waals surface area contributed by atoms with Gasteiger partial charge in [-0.25, -0.2) is 0 Å². The van der Waals surface area contributed by atoms with E-state index in [0.29, 0.717) is 12.3 Å². The quantitative estimate of drug-likeness (QED) is 0.864. The molecule has 1 aliphatic rings. The fraction of sp³-hybridized carbons (Fsp3) is 0.647. The smallest absolute Gasteiger partial charge is 0.220 e. The second kappa shape index (κ2) is 8.03. The number of carbonyl (C=O) groups is 1. The van der Waals surface area contributed by atoms with Crippen LogP contribution in [0, 0.1) is 11.8 Å². The maximum Gasteiger partial charge on any atom is 0.220 e. The minimum Gasteiger partial charge on any atom is -0.356 e. The Labute approximate surface area is 122 Å². The van der Waals surface area contributed by atoms with Crippen molar-refractivity contribution in [3.8, 4) is 0 Å². The minimum absolute atomic E-state index is 0.180. The molecule has 0 unspecified atom stereocenters. The van der Waals surface area contributed by atoms with E-state index >= 15 is 0 Å². The molecule has 0 atom stereocenters. The van der Waals surface area contributed by atoms with Crippen LogP contribution in [0.15, 0.2) is 24.5 Å². The Bertz CT molecular complexity index is 397. The van der Waals surface area contributed by atoms with Crippen molar-refractivity contribution >= 4 is 5.91 Å². The summed E-state index contributed by atoms with van der Waals surface area (Å²) in [5.74, 6) is 1.80. The van der Waals surface area contributed by atoms with Crippen molar-refractivity contribution in [3.05, 3.63) is 30.1 Å². The Morgan fingerprint density at radius 1 is 1.20 bits per heavy atom. The van der Waals surface area contributed by atoms with Crippen LogP contribution in [-0.2, 0) is 11.2 Å². The molecule has 1 fully saturated rings. The predicted octanol–water partition coefficient (Wildman–Crippen LogP) is 3.35. The summed E-state index contributed by atoms with van der Waals surface area (Å²) in [5, 5.41) is 3.10. The molecule has 1 aliphatic carbocycles. The zero-order valence-corrected chi connectivity index (χ0v) is 12.5. The standard InChI is InChI=1S/C17H26N2O/c1-2-14-3-5-16(6-4-14)13-19-17(20)8-7-15-9-11-18-12-10-15/h9-12,14,16H,2-8,13H2,1H3,(H,19,20). The summed E-state index contributed by atoms with van der Waals surface area (Å²) in [6.07, 6.45) is 11.5. The highest BCUT2D eigenvalue weighted by atomic mass is 16.1. The Kier molecular flexibility index (Phi) is 6.03. The maximum absolute atomic E-state index is 11.9. The van der Waals surface area contributed by atoms with E-state index in [-0.39, 0.29) is 5.91 Å². The number of nitrogens with zero attached hydrogens (tertiary/aromatic N) is 1. The number of carbonyl (C=O) groups excluding carboxylic acids is 1. The maximum atomic E-state index is 11.9. The lowest BCUT2D eigenvalue weighted by atomic mass is 9.81. The van der Waals surface area contributed by atoms with Gasteiger partial charge in [0.15, 0.2) is 0 Å². The summed E-state index contributed by atoms with van der Waals surface area (Å²) in [4.78, 5) is 15.8. The number of amides is 1. The Balaban J connectivity index is 1.61. The first-order chi connectivity index (χ1) is 9.78. The molecule has 0 bridgehead atoms. The first-order valence-electron chi connectivity index (χ1n) is 7.93. The average Bonchev–Trinajstić information content (AvgIpc) is 2.52. The third-order valence-corrected chi connectivity index (χ3v) is 4.52. The van der Waals surface area contributed by atoms with Gasteiger partial charge in [-0.15, -0.1) is 0 Å². The highest BCUT2D eigenvalue weighted by Crippen LogP contribution is 2.30. The zero-order valence-electron chi connectivity index (χ0n) is 12.5. The second-order valence-corrected chi connectivity index (χ2v) is 5.95. The number of pyridine rings is 1. The average molecular weight is 274 g/mol. The molecule has 110 valence electrons. The molecule has 20 heavy (non-hydrogen) atoms. The molecule has 1 aromatic rings. The van der Waals surface area contributed by atoms with Gasteiger partial charge in [0.05, 0.1) is 0 Å². The van der Waals surface area contributed by atoms with Crippen molar-refractivity contribution in [2.24, 2.45) is 11.8 Å². The first kappa shape index (κ1) is 15.0. The highest BCUT2D eigenvalue weighted by molar-refractivity contribution is 5.76. The van der Waals surface area contributed by atoms with Gasteiger partial charge in [-0.1, -0.05) is 26.2 Å². The first-order valence-corrected chi connectivity index (χ1v) is 7.93. The number of aromatic nitrogens is 1. The van der Waals surface area contributed by atoms with Crippen molar-refractivity contribution in [1.29, 1.82) is 0 Å². The van der Waals surface area contributed by atoms with E-state index in [9.17, 15) is 4.79 Å². The zero-order chi connectivity index (χ0) is 14.2. The number of rotatable bonds is 6. The van der Waals surface area contributed by atoms with Gasteiger partial charge in [-0.2, -0.15) is 0 Å². The Morgan fingerprint density at radius 3 is 2.50 bits per heavy atom. The van der Waals surface area contributed by atoms with Crippen molar-refractivity contribution in [2.75, 3.05) is 6.54 Å². The van der Waals surface area contributed by atoms with Gasteiger partial charge in [-0.05, 0) is 48.8 Å². The summed E-state index contributed by atoms with van der Waals surface area (Å²) in [6.45, 7) is 3.15. The number of hydrogen-bond donors (Lipinski definition) is 1. The van der Waals surface area contributed by atoms with E-state index in [1.54, 1.807) is 12.4 Å². The summed E-state index contributed by atoms with van der Waals surface area (Å²) in [7, 11) is 0. The lowest BCUT2D eigenvalue weighted by molar-refractivity contribution is -0.121. The second-order valence-electron chi connectivity index (χ2n) is 5.95. The molecule has 0 radical (unpaired) electrons. The van der Waals surface area contributed by atoms with Crippen molar-refractivity contribution in [1.82, 2.24) is 10.3 Å². The van der Waals surface area contributed by atoms with Crippen LogP contribution in [0.1, 0.15) is 51.0 Å². The molecule has 1 heterocycles. The van der Waals surface area contributed by atoms with Gasteiger partial charge in [0.2, 0.25) is 5.91 Å². The summed E-state index contributed by atoms with van der Waals surface area (Å²) < 4.78 is 0. The molecule has 3 heteroatoms. The Morgan fingerprint density at radius 2 is 1.85 bits per heavy atom. The van der Waals surface area contributed by atoms with Crippen LogP contribution in [-0.4, -0.2) is 17.4 Å². The molecule has 0 saturated heterocycles. The Hall–Kier alpha value is -1.38. The number of nitrogens with one attached hydrogen (secondary N) is 1. The van der Waals surface area contributed by atoms with Crippen LogP contribution in [0.3, 0.4) is 0 Å². The lowest BCUT2D eigenvalue weighted by Crippen LogP contribution is -2.31. The molecule has 1 N–H and O–H groups in total. The van der Waals surface area contributed by atoms with E-state index < -0.39 is 0 Å². The minimum atomic E-state index is 0.180. The topological polar surface area (TPSA) is 42.0 Å². The normalized spacial score (nSPS) is 22.4. The molecule has 0 aromatic carbocycles. The third-order valence-electron chi connectivity index (χ3n) is 4.52. The van der Waals surface area contributed by atoms with Crippen molar-refractivity contribution < 1.29 is 4.79 Å². The fourth-order valence-electron chi connectivity index (χ4n) is 3.00. The van der Waals surface area contributed by atoms with Crippen LogP contribution in [0.25, 0.3) is 0 Å². The van der Waals surface area contributed by atoms with Crippen LogP contribution in [0.2, 0.25) is 0 Å². The van der Waals surface area contributed by atoms with Gasteiger partial charge in [0.25, 0.3) is 0 Å². The molecule has 3 nitrogen and oxygen atoms in total. The van der Waals surface area contributed by atoms with Gasteiger partial charge < -0.3 is 5.32 Å². The molecule has 2 rings (SSSR count). The molecule has 1 amide bonds.